The SMILES string of the molecule is Cc1ccc2c(c1)C(=O)N(CNc1cccc(Br)c1)C2=O. The van der Waals surface area contributed by atoms with Crippen LogP contribution in [0.15, 0.2) is 46.9 Å². The zero-order valence-corrected chi connectivity index (χ0v) is 13.0. The Labute approximate surface area is 130 Å². The zero-order chi connectivity index (χ0) is 15.0. The number of rotatable bonds is 3. The van der Waals surface area contributed by atoms with Crippen LogP contribution in [0.4, 0.5) is 5.69 Å². The van der Waals surface area contributed by atoms with Crippen LogP contribution in [0.3, 0.4) is 0 Å². The number of nitrogens with one attached hydrogen (secondary N) is 1. The van der Waals surface area contributed by atoms with Crippen molar-refractivity contribution in [2.24, 2.45) is 0 Å². The van der Waals surface area contributed by atoms with Crippen LogP contribution in [-0.2, 0) is 0 Å². The van der Waals surface area contributed by atoms with E-state index in [2.05, 4.69) is 21.2 Å². The summed E-state index contributed by atoms with van der Waals surface area (Å²) in [5.41, 5.74) is 2.77. The van der Waals surface area contributed by atoms with Crippen LogP contribution in [0.2, 0.25) is 0 Å². The number of fused-ring (bicyclic) bond motifs is 1. The van der Waals surface area contributed by atoms with Gasteiger partial charge in [-0.3, -0.25) is 14.5 Å². The normalized spacial score (nSPS) is 13.5. The molecule has 2 aromatic carbocycles. The van der Waals surface area contributed by atoms with E-state index in [9.17, 15) is 9.59 Å². The molecule has 0 aromatic heterocycles. The van der Waals surface area contributed by atoms with E-state index in [-0.39, 0.29) is 18.5 Å². The van der Waals surface area contributed by atoms with Crippen molar-refractivity contribution < 1.29 is 9.59 Å². The third-order valence-electron chi connectivity index (χ3n) is 3.39. The van der Waals surface area contributed by atoms with Gasteiger partial charge in [-0.25, -0.2) is 0 Å². The second-order valence-electron chi connectivity index (χ2n) is 4.93. The Hall–Kier alpha value is -2.14. The highest BCUT2D eigenvalue weighted by atomic mass is 79.9. The molecule has 0 unspecified atom stereocenters. The predicted molar refractivity (Wildman–Crippen MR) is 84.3 cm³/mol. The maximum absolute atomic E-state index is 12.3. The standard InChI is InChI=1S/C16H13BrN2O2/c1-10-5-6-13-14(7-10)16(21)19(15(13)20)9-18-12-4-2-3-11(17)8-12/h2-8,18H,9H2,1H3. The van der Waals surface area contributed by atoms with Crippen molar-refractivity contribution >= 4 is 33.4 Å². The van der Waals surface area contributed by atoms with Gasteiger partial charge in [0, 0.05) is 10.2 Å². The van der Waals surface area contributed by atoms with Gasteiger partial charge < -0.3 is 5.32 Å². The van der Waals surface area contributed by atoms with Crippen LogP contribution < -0.4 is 5.32 Å². The van der Waals surface area contributed by atoms with E-state index < -0.39 is 0 Å². The van der Waals surface area contributed by atoms with Crippen molar-refractivity contribution in [2.75, 3.05) is 12.0 Å². The van der Waals surface area contributed by atoms with Crippen LogP contribution in [-0.4, -0.2) is 23.4 Å². The fourth-order valence-corrected chi connectivity index (χ4v) is 2.72. The highest BCUT2D eigenvalue weighted by molar-refractivity contribution is 9.10. The van der Waals surface area contributed by atoms with Gasteiger partial charge in [0.15, 0.2) is 0 Å². The first kappa shape index (κ1) is 13.8. The number of halogens is 1. The van der Waals surface area contributed by atoms with Gasteiger partial charge in [0.05, 0.1) is 17.8 Å². The Bertz CT molecular complexity index is 743. The minimum absolute atomic E-state index is 0.155. The zero-order valence-electron chi connectivity index (χ0n) is 11.4. The molecule has 0 radical (unpaired) electrons. The average molecular weight is 345 g/mol. The first-order valence-electron chi connectivity index (χ1n) is 6.52. The van der Waals surface area contributed by atoms with Crippen molar-refractivity contribution in [1.82, 2.24) is 4.90 Å². The number of nitrogens with zero attached hydrogens (tertiary/aromatic N) is 1. The second kappa shape index (κ2) is 5.33. The van der Waals surface area contributed by atoms with Crippen molar-refractivity contribution in [1.29, 1.82) is 0 Å². The van der Waals surface area contributed by atoms with Gasteiger partial charge in [-0.15, -0.1) is 0 Å². The first-order valence-corrected chi connectivity index (χ1v) is 7.32. The maximum atomic E-state index is 12.3. The molecule has 0 bridgehead atoms. The molecule has 21 heavy (non-hydrogen) atoms. The maximum Gasteiger partial charge on any atom is 0.263 e. The summed E-state index contributed by atoms with van der Waals surface area (Å²) in [6.45, 7) is 2.06. The minimum atomic E-state index is -0.252. The molecule has 1 aliphatic rings. The Kier molecular flexibility index (Phi) is 3.51. The summed E-state index contributed by atoms with van der Waals surface area (Å²) in [5, 5.41) is 3.09. The van der Waals surface area contributed by atoms with Crippen molar-refractivity contribution in [3.8, 4) is 0 Å². The summed E-state index contributed by atoms with van der Waals surface area (Å²) in [5.74, 6) is -0.501. The highest BCUT2D eigenvalue weighted by Gasteiger charge is 2.35. The Morgan fingerprint density at radius 3 is 2.57 bits per heavy atom. The predicted octanol–water partition coefficient (Wildman–Crippen LogP) is 3.42. The third kappa shape index (κ3) is 2.56. The number of hydrogen-bond acceptors (Lipinski definition) is 3. The molecule has 2 aromatic rings. The summed E-state index contributed by atoms with van der Waals surface area (Å²) in [6.07, 6.45) is 0. The average Bonchev–Trinajstić information content (AvgIpc) is 2.69. The third-order valence-corrected chi connectivity index (χ3v) is 3.89. The fraction of sp³-hybridized carbons (Fsp3) is 0.125. The van der Waals surface area contributed by atoms with E-state index in [1.165, 1.54) is 4.90 Å². The minimum Gasteiger partial charge on any atom is -0.367 e. The van der Waals surface area contributed by atoms with Crippen LogP contribution in [0.5, 0.6) is 0 Å². The summed E-state index contributed by atoms with van der Waals surface area (Å²) in [4.78, 5) is 25.8. The summed E-state index contributed by atoms with van der Waals surface area (Å²) in [7, 11) is 0. The van der Waals surface area contributed by atoms with Gasteiger partial charge in [0.2, 0.25) is 0 Å². The monoisotopic (exact) mass is 344 g/mol. The molecule has 2 amide bonds. The van der Waals surface area contributed by atoms with E-state index in [1.54, 1.807) is 12.1 Å². The largest absolute Gasteiger partial charge is 0.367 e. The number of anilines is 1. The number of aryl methyl sites for hydroxylation is 1. The van der Waals surface area contributed by atoms with Gasteiger partial charge in [-0.05, 0) is 37.3 Å². The quantitative estimate of drug-likeness (QED) is 0.868. The van der Waals surface area contributed by atoms with E-state index in [1.807, 2.05) is 37.3 Å². The Balaban J connectivity index is 1.79. The second-order valence-corrected chi connectivity index (χ2v) is 5.85. The molecule has 4 nitrogen and oxygen atoms in total. The lowest BCUT2D eigenvalue weighted by atomic mass is 10.1. The van der Waals surface area contributed by atoms with Gasteiger partial charge in [0.1, 0.15) is 0 Å². The molecule has 1 heterocycles. The lowest BCUT2D eigenvalue weighted by Crippen LogP contribution is -2.34. The van der Waals surface area contributed by atoms with E-state index >= 15 is 0 Å². The van der Waals surface area contributed by atoms with Crippen LogP contribution in [0, 0.1) is 6.92 Å². The Morgan fingerprint density at radius 1 is 1.05 bits per heavy atom. The molecule has 5 heteroatoms. The van der Waals surface area contributed by atoms with Crippen LogP contribution in [0.25, 0.3) is 0 Å². The summed E-state index contributed by atoms with van der Waals surface area (Å²) >= 11 is 3.38. The lowest BCUT2D eigenvalue weighted by molar-refractivity contribution is 0.0666. The molecule has 0 spiro atoms. The van der Waals surface area contributed by atoms with E-state index in [0.29, 0.717) is 11.1 Å². The number of benzene rings is 2. The van der Waals surface area contributed by atoms with Crippen molar-refractivity contribution in [3.05, 3.63) is 63.6 Å². The molecule has 0 saturated heterocycles. The van der Waals surface area contributed by atoms with Gasteiger partial charge in [0.25, 0.3) is 11.8 Å². The summed E-state index contributed by atoms with van der Waals surface area (Å²) in [6, 6.07) is 12.9. The van der Waals surface area contributed by atoms with Crippen molar-refractivity contribution in [2.45, 2.75) is 6.92 Å². The summed E-state index contributed by atoms with van der Waals surface area (Å²) < 4.78 is 0.936. The number of amides is 2. The molecule has 0 fully saturated rings. The molecule has 106 valence electrons. The molecule has 0 aliphatic carbocycles. The molecule has 0 atom stereocenters. The number of hydrogen-bond donors (Lipinski definition) is 1. The number of carbonyl (C=O) groups excluding carboxylic acids is 2. The first-order chi connectivity index (χ1) is 10.1. The molecule has 1 N–H and O–H groups in total. The van der Waals surface area contributed by atoms with Gasteiger partial charge in [-0.2, -0.15) is 0 Å². The van der Waals surface area contributed by atoms with Gasteiger partial charge >= 0.3 is 0 Å². The van der Waals surface area contributed by atoms with E-state index in [0.717, 1.165) is 15.7 Å². The van der Waals surface area contributed by atoms with Crippen molar-refractivity contribution in [3.63, 3.8) is 0 Å². The molecule has 0 saturated carbocycles. The lowest BCUT2D eigenvalue weighted by Gasteiger charge is -2.15. The number of imide groups is 1. The molecular weight excluding hydrogens is 332 g/mol. The molecule has 1 aliphatic heterocycles. The number of carbonyl (C=O) groups is 2. The Morgan fingerprint density at radius 2 is 1.81 bits per heavy atom. The van der Waals surface area contributed by atoms with E-state index in [4.69, 9.17) is 0 Å². The van der Waals surface area contributed by atoms with Crippen LogP contribution in [0.1, 0.15) is 26.3 Å². The van der Waals surface area contributed by atoms with Crippen LogP contribution >= 0.6 is 15.9 Å². The molecular formula is C16H13BrN2O2. The smallest absolute Gasteiger partial charge is 0.263 e. The topological polar surface area (TPSA) is 49.4 Å². The van der Waals surface area contributed by atoms with Gasteiger partial charge in [-0.1, -0.05) is 33.6 Å². The fourth-order valence-electron chi connectivity index (χ4n) is 2.32. The highest BCUT2D eigenvalue weighted by Crippen LogP contribution is 2.24. The molecule has 3 rings (SSSR count).